The summed E-state index contributed by atoms with van der Waals surface area (Å²) in [7, 11) is 0. The van der Waals surface area contributed by atoms with Crippen molar-refractivity contribution in [3.63, 3.8) is 0 Å². The number of aromatic nitrogens is 4. The van der Waals surface area contributed by atoms with Gasteiger partial charge in [0.15, 0.2) is 0 Å². The smallest absolute Gasteiger partial charge is 0.277 e. The highest BCUT2D eigenvalue weighted by Gasteiger charge is 2.14. The standard InChI is InChI=1S/C19H13Cl2N5O/c20-13-4-3-5-14(21)12(13)11-26-18(8-9-23-26)25-19(27)17-10-22-15-6-1-2-7-16(15)24-17/h1-10H,11H2,(H,25,27). The molecule has 0 atom stereocenters. The number of hydrogen-bond acceptors (Lipinski definition) is 4. The van der Waals surface area contributed by atoms with E-state index in [2.05, 4.69) is 20.4 Å². The Morgan fingerprint density at radius 2 is 1.74 bits per heavy atom. The normalized spacial score (nSPS) is 10.9. The summed E-state index contributed by atoms with van der Waals surface area (Å²) in [6.45, 7) is 0.324. The third kappa shape index (κ3) is 3.63. The summed E-state index contributed by atoms with van der Waals surface area (Å²) >= 11 is 12.4. The Kier molecular flexibility index (Phi) is 4.75. The van der Waals surface area contributed by atoms with Gasteiger partial charge in [-0.15, -0.1) is 0 Å². The fourth-order valence-electron chi connectivity index (χ4n) is 2.64. The summed E-state index contributed by atoms with van der Waals surface area (Å²) in [5, 5.41) is 8.12. The van der Waals surface area contributed by atoms with Gasteiger partial charge < -0.3 is 5.32 Å². The minimum atomic E-state index is -0.375. The van der Waals surface area contributed by atoms with E-state index in [-0.39, 0.29) is 11.6 Å². The van der Waals surface area contributed by atoms with E-state index in [1.165, 1.54) is 6.20 Å². The number of carbonyl (C=O) groups is 1. The number of benzene rings is 2. The van der Waals surface area contributed by atoms with Crippen LogP contribution in [-0.2, 0) is 6.54 Å². The molecule has 2 heterocycles. The lowest BCUT2D eigenvalue weighted by Crippen LogP contribution is -2.18. The molecule has 0 aliphatic rings. The van der Waals surface area contributed by atoms with Gasteiger partial charge in [-0.25, -0.2) is 9.67 Å². The molecule has 27 heavy (non-hydrogen) atoms. The molecule has 1 amide bonds. The molecular weight excluding hydrogens is 385 g/mol. The fourth-order valence-corrected chi connectivity index (χ4v) is 3.16. The van der Waals surface area contributed by atoms with E-state index in [9.17, 15) is 4.79 Å². The third-order valence-electron chi connectivity index (χ3n) is 4.01. The SMILES string of the molecule is O=C(Nc1ccnn1Cc1c(Cl)cccc1Cl)c1cnc2ccccc2n1. The van der Waals surface area contributed by atoms with E-state index in [0.29, 0.717) is 27.9 Å². The van der Waals surface area contributed by atoms with Crippen molar-refractivity contribution in [3.8, 4) is 0 Å². The molecule has 0 aliphatic carbocycles. The number of nitrogens with one attached hydrogen (secondary N) is 1. The Hall–Kier alpha value is -2.96. The Balaban J connectivity index is 1.58. The van der Waals surface area contributed by atoms with Crippen LogP contribution in [0.3, 0.4) is 0 Å². The Bertz CT molecular complexity index is 1120. The lowest BCUT2D eigenvalue weighted by Gasteiger charge is -2.11. The molecule has 134 valence electrons. The number of fused-ring (bicyclic) bond motifs is 1. The second-order valence-electron chi connectivity index (χ2n) is 5.77. The zero-order valence-corrected chi connectivity index (χ0v) is 15.4. The summed E-state index contributed by atoms with van der Waals surface area (Å²) in [4.78, 5) is 21.2. The number of rotatable bonds is 4. The lowest BCUT2D eigenvalue weighted by molar-refractivity contribution is 0.102. The quantitative estimate of drug-likeness (QED) is 0.552. The van der Waals surface area contributed by atoms with Crippen LogP contribution >= 0.6 is 23.2 Å². The van der Waals surface area contributed by atoms with Gasteiger partial charge in [-0.3, -0.25) is 9.78 Å². The number of anilines is 1. The molecule has 0 unspecified atom stereocenters. The van der Waals surface area contributed by atoms with E-state index < -0.39 is 0 Å². The molecule has 0 fully saturated rings. The highest BCUT2D eigenvalue weighted by atomic mass is 35.5. The molecule has 4 rings (SSSR count). The van der Waals surface area contributed by atoms with Gasteiger partial charge in [-0.2, -0.15) is 5.10 Å². The molecule has 2 aromatic carbocycles. The van der Waals surface area contributed by atoms with Crippen LogP contribution in [0.4, 0.5) is 5.82 Å². The summed E-state index contributed by atoms with van der Waals surface area (Å²) < 4.78 is 1.61. The van der Waals surface area contributed by atoms with E-state index in [1.54, 1.807) is 35.1 Å². The molecule has 0 aliphatic heterocycles. The van der Waals surface area contributed by atoms with Gasteiger partial charge in [-0.1, -0.05) is 41.4 Å². The van der Waals surface area contributed by atoms with Crippen LogP contribution in [0.5, 0.6) is 0 Å². The number of nitrogens with zero attached hydrogens (tertiary/aromatic N) is 4. The zero-order chi connectivity index (χ0) is 18.8. The number of carbonyl (C=O) groups excluding carboxylic acids is 1. The summed E-state index contributed by atoms with van der Waals surface area (Å²) in [6.07, 6.45) is 3.04. The summed E-state index contributed by atoms with van der Waals surface area (Å²) in [6, 6.07) is 14.4. The largest absolute Gasteiger partial charge is 0.305 e. The predicted octanol–water partition coefficient (Wildman–Crippen LogP) is 4.43. The van der Waals surface area contributed by atoms with Gasteiger partial charge in [0.2, 0.25) is 0 Å². The molecule has 2 aromatic heterocycles. The van der Waals surface area contributed by atoms with E-state index in [1.807, 2.05) is 24.3 Å². The molecule has 0 saturated carbocycles. The van der Waals surface area contributed by atoms with Gasteiger partial charge >= 0.3 is 0 Å². The summed E-state index contributed by atoms with van der Waals surface area (Å²) in [5.74, 6) is 0.131. The number of halogens is 2. The van der Waals surface area contributed by atoms with Crippen LogP contribution in [0.2, 0.25) is 10.0 Å². The van der Waals surface area contributed by atoms with Crippen LogP contribution < -0.4 is 5.32 Å². The van der Waals surface area contributed by atoms with Crippen molar-refractivity contribution in [1.82, 2.24) is 19.7 Å². The van der Waals surface area contributed by atoms with Gasteiger partial charge in [-0.05, 0) is 24.3 Å². The maximum Gasteiger partial charge on any atom is 0.277 e. The van der Waals surface area contributed by atoms with E-state index in [4.69, 9.17) is 23.2 Å². The molecule has 4 aromatic rings. The Morgan fingerprint density at radius 1 is 1.00 bits per heavy atom. The van der Waals surface area contributed by atoms with Crippen molar-refractivity contribution in [1.29, 1.82) is 0 Å². The summed E-state index contributed by atoms with van der Waals surface area (Å²) in [5.41, 5.74) is 2.33. The third-order valence-corrected chi connectivity index (χ3v) is 4.72. The molecule has 0 bridgehead atoms. The lowest BCUT2D eigenvalue weighted by atomic mass is 10.2. The second-order valence-corrected chi connectivity index (χ2v) is 6.59. The number of amides is 1. The molecular formula is C19H13Cl2N5O. The van der Waals surface area contributed by atoms with Gasteiger partial charge in [0.25, 0.3) is 5.91 Å². The van der Waals surface area contributed by atoms with Crippen LogP contribution in [0.15, 0.2) is 60.9 Å². The fraction of sp³-hybridized carbons (Fsp3) is 0.0526. The Morgan fingerprint density at radius 3 is 2.52 bits per heavy atom. The van der Waals surface area contributed by atoms with E-state index >= 15 is 0 Å². The van der Waals surface area contributed by atoms with Crippen molar-refractivity contribution in [2.24, 2.45) is 0 Å². The zero-order valence-electron chi connectivity index (χ0n) is 13.9. The van der Waals surface area contributed by atoms with E-state index in [0.717, 1.165) is 11.1 Å². The molecule has 6 nitrogen and oxygen atoms in total. The molecule has 0 saturated heterocycles. The number of hydrogen-bond donors (Lipinski definition) is 1. The van der Waals surface area contributed by atoms with Crippen LogP contribution in [0.1, 0.15) is 16.1 Å². The van der Waals surface area contributed by atoms with Gasteiger partial charge in [0, 0.05) is 21.7 Å². The van der Waals surface area contributed by atoms with Crippen LogP contribution in [0.25, 0.3) is 11.0 Å². The van der Waals surface area contributed by atoms with Crippen molar-refractivity contribution in [2.45, 2.75) is 6.54 Å². The number of para-hydroxylation sites is 2. The Labute approximate surface area is 164 Å². The maximum atomic E-state index is 12.6. The van der Waals surface area contributed by atoms with Crippen LogP contribution in [-0.4, -0.2) is 25.7 Å². The first-order chi connectivity index (χ1) is 13.1. The minimum Gasteiger partial charge on any atom is -0.305 e. The topological polar surface area (TPSA) is 72.7 Å². The molecule has 8 heteroatoms. The van der Waals surface area contributed by atoms with Crippen molar-refractivity contribution in [2.75, 3.05) is 5.32 Å². The molecule has 0 spiro atoms. The van der Waals surface area contributed by atoms with Crippen LogP contribution in [0, 0.1) is 0 Å². The molecule has 1 N–H and O–H groups in total. The highest BCUT2D eigenvalue weighted by Crippen LogP contribution is 2.26. The van der Waals surface area contributed by atoms with Gasteiger partial charge in [0.1, 0.15) is 11.5 Å². The average molecular weight is 398 g/mol. The highest BCUT2D eigenvalue weighted by molar-refractivity contribution is 6.36. The van der Waals surface area contributed by atoms with Gasteiger partial charge in [0.05, 0.1) is 30.0 Å². The first-order valence-electron chi connectivity index (χ1n) is 8.09. The van der Waals surface area contributed by atoms with Crippen molar-refractivity contribution in [3.05, 3.63) is 82.2 Å². The minimum absolute atomic E-state index is 0.220. The first-order valence-corrected chi connectivity index (χ1v) is 8.85. The van der Waals surface area contributed by atoms with Crippen molar-refractivity contribution < 1.29 is 4.79 Å². The monoisotopic (exact) mass is 397 g/mol. The molecule has 0 radical (unpaired) electrons. The maximum absolute atomic E-state index is 12.6. The average Bonchev–Trinajstić information content (AvgIpc) is 3.11. The predicted molar refractivity (Wildman–Crippen MR) is 105 cm³/mol. The first kappa shape index (κ1) is 17.5. The van der Waals surface area contributed by atoms with Crippen molar-refractivity contribution >= 4 is 46.0 Å². The second kappa shape index (κ2) is 7.34.